The first kappa shape index (κ1) is 94.8. The third kappa shape index (κ3) is 1250. The molecule has 0 heterocycles. The molecule has 0 aromatic carbocycles. The molecule has 67 valence electrons. The number of carbonyl (C=O) groups excluding carboxylic acids is 3. The molecule has 0 aromatic heterocycles. The SMILES string of the molecule is [C]=O.[C]=O.[C]=O.[Cl-].[Cl-].[Cl-].[Cl-].[Ir+4]. The maximum atomic E-state index is 7.50. The Bertz CT molecular complexity index is 25.3. The van der Waals surface area contributed by atoms with Crippen LogP contribution in [0.25, 0.3) is 0 Å². The summed E-state index contributed by atoms with van der Waals surface area (Å²) in [6.07, 6.45) is 0. The van der Waals surface area contributed by atoms with Crippen LogP contribution in [0, 0.1) is 0 Å². The van der Waals surface area contributed by atoms with E-state index in [1.807, 2.05) is 0 Å². The normalized spacial score (nSPS) is 1.09. The summed E-state index contributed by atoms with van der Waals surface area (Å²) in [7, 11) is 0. The van der Waals surface area contributed by atoms with Gasteiger partial charge in [0.1, 0.15) is 0 Å². The first-order valence-electron chi connectivity index (χ1n) is 0.612. The van der Waals surface area contributed by atoms with Gasteiger partial charge in [0.25, 0.3) is 20.4 Å². The van der Waals surface area contributed by atoms with Gasteiger partial charge in [0.05, 0.1) is 0 Å². The van der Waals surface area contributed by atoms with Gasteiger partial charge in [-0.1, -0.05) is 0 Å². The quantitative estimate of drug-likeness (QED) is 0.393. The van der Waals surface area contributed by atoms with Crippen molar-refractivity contribution >= 4 is 20.4 Å². The van der Waals surface area contributed by atoms with E-state index in [1.165, 1.54) is 0 Å². The molecular formula is C3Cl4IrO3. The Hall–Kier alpha value is 0.819. The van der Waals surface area contributed by atoms with Crippen molar-refractivity contribution in [3.63, 3.8) is 0 Å². The molecule has 11 heavy (non-hydrogen) atoms. The van der Waals surface area contributed by atoms with Gasteiger partial charge < -0.3 is 49.6 Å². The van der Waals surface area contributed by atoms with E-state index in [4.69, 9.17) is 14.4 Å². The van der Waals surface area contributed by atoms with Gasteiger partial charge in [0.2, 0.25) is 0 Å². The minimum atomic E-state index is 0. The number of rotatable bonds is 0. The van der Waals surface area contributed by atoms with Crippen molar-refractivity contribution in [1.82, 2.24) is 0 Å². The van der Waals surface area contributed by atoms with E-state index in [-0.39, 0.29) is 69.7 Å². The molecule has 0 fully saturated rings. The van der Waals surface area contributed by atoms with Crippen LogP contribution in [-0.2, 0) is 34.5 Å². The van der Waals surface area contributed by atoms with Crippen LogP contribution in [0.1, 0.15) is 0 Å². The van der Waals surface area contributed by atoms with Crippen LogP contribution >= 0.6 is 0 Å². The Balaban J connectivity index is -0.00000000167. The van der Waals surface area contributed by atoms with Crippen LogP contribution in [0.3, 0.4) is 0 Å². The van der Waals surface area contributed by atoms with Gasteiger partial charge in [-0.15, -0.1) is 0 Å². The van der Waals surface area contributed by atoms with E-state index in [0.717, 1.165) is 0 Å². The van der Waals surface area contributed by atoms with E-state index in [1.54, 1.807) is 0 Å². The number of halogens is 4. The van der Waals surface area contributed by atoms with E-state index < -0.39 is 0 Å². The molecule has 0 saturated carbocycles. The predicted octanol–water partition coefficient (Wildman–Crippen LogP) is -13.2. The summed E-state index contributed by atoms with van der Waals surface area (Å²) >= 11 is 0. The molecule has 0 atom stereocenters. The third-order valence-electron chi connectivity index (χ3n) is 0. The Labute approximate surface area is 104 Å². The molecule has 3 nitrogen and oxygen atoms in total. The van der Waals surface area contributed by atoms with Gasteiger partial charge in [-0.25, -0.2) is 0 Å². The zero-order valence-electron chi connectivity index (χ0n) is 4.57. The molecule has 0 amide bonds. The molecule has 0 spiro atoms. The monoisotopic (exact) mass is 417 g/mol. The molecule has 8 heteroatoms. The standard InChI is InChI=1S/3CO.4ClH.Ir/c3*1-2;;;;;/h;;;4*1H;/q;;;;;;;+4/p-4. The summed E-state index contributed by atoms with van der Waals surface area (Å²) in [6.45, 7) is 13.5. The molecule has 7 radical (unpaired) electrons. The fourth-order valence-corrected chi connectivity index (χ4v) is 0. The van der Waals surface area contributed by atoms with Crippen molar-refractivity contribution < 1.29 is 84.1 Å². The van der Waals surface area contributed by atoms with E-state index in [2.05, 4.69) is 20.4 Å². The second kappa shape index (κ2) is 1550. The average Bonchev–Trinajstić information content (AvgIpc) is 1.81. The Kier molecular flexibility index (Phi) is 13400. The van der Waals surface area contributed by atoms with Gasteiger partial charge >= 0.3 is 20.1 Å². The average molecular weight is 418 g/mol. The van der Waals surface area contributed by atoms with Crippen molar-refractivity contribution in [3.05, 3.63) is 0 Å². The maximum absolute atomic E-state index is 7.50. The van der Waals surface area contributed by atoms with Gasteiger partial charge in [-0.3, -0.25) is 14.4 Å². The Morgan fingerprint density at radius 1 is 0.455 bits per heavy atom. The molecule has 0 aliphatic heterocycles. The summed E-state index contributed by atoms with van der Waals surface area (Å²) in [6, 6.07) is 0. The maximum Gasteiger partial charge on any atom is 4.00 e. The summed E-state index contributed by atoms with van der Waals surface area (Å²) in [4.78, 5) is 22.5. The molecule has 0 saturated heterocycles. The molecular weight excluding hydrogens is 418 g/mol. The predicted molar refractivity (Wildman–Crippen MR) is 17.1 cm³/mol. The van der Waals surface area contributed by atoms with E-state index in [9.17, 15) is 0 Å². The molecule has 0 bridgehead atoms. The summed E-state index contributed by atoms with van der Waals surface area (Å²) < 4.78 is 0. The van der Waals surface area contributed by atoms with E-state index >= 15 is 0 Å². The van der Waals surface area contributed by atoms with Gasteiger partial charge in [0.15, 0.2) is 0 Å². The van der Waals surface area contributed by atoms with Crippen LogP contribution in [0.2, 0.25) is 0 Å². The largest absolute Gasteiger partial charge is 4.00 e. The second-order valence-electron chi connectivity index (χ2n) is 0. The number of hydrogen-bond acceptors (Lipinski definition) is 3. The van der Waals surface area contributed by atoms with Crippen LogP contribution in [0.15, 0.2) is 0 Å². The number of hydrogen-bond donors (Lipinski definition) is 0. The summed E-state index contributed by atoms with van der Waals surface area (Å²) in [5, 5.41) is 0. The summed E-state index contributed by atoms with van der Waals surface area (Å²) in [5.41, 5.74) is 0. The molecule has 0 rings (SSSR count). The minimum Gasteiger partial charge on any atom is -1.00 e. The molecule has 0 aliphatic carbocycles. The fourth-order valence-electron chi connectivity index (χ4n) is 0. The first-order chi connectivity index (χ1) is 3.00. The van der Waals surface area contributed by atoms with Crippen molar-refractivity contribution in [1.29, 1.82) is 0 Å². The third-order valence-corrected chi connectivity index (χ3v) is 0. The van der Waals surface area contributed by atoms with Gasteiger partial charge in [-0.05, 0) is 0 Å². The minimum absolute atomic E-state index is 0. The van der Waals surface area contributed by atoms with E-state index in [0.29, 0.717) is 0 Å². The summed E-state index contributed by atoms with van der Waals surface area (Å²) in [5.74, 6) is 0. The molecule has 0 N–H and O–H groups in total. The van der Waals surface area contributed by atoms with Gasteiger partial charge in [-0.2, -0.15) is 0 Å². The Morgan fingerprint density at radius 2 is 0.455 bits per heavy atom. The van der Waals surface area contributed by atoms with Crippen molar-refractivity contribution in [3.8, 4) is 0 Å². The van der Waals surface area contributed by atoms with Gasteiger partial charge in [0, 0.05) is 0 Å². The fraction of sp³-hybridized carbons (Fsp3) is 0. The topological polar surface area (TPSA) is 51.2 Å². The first-order valence-corrected chi connectivity index (χ1v) is 0.612. The molecule has 0 unspecified atom stereocenters. The zero-order valence-corrected chi connectivity index (χ0v) is 9.99. The Morgan fingerprint density at radius 3 is 0.455 bits per heavy atom. The second-order valence-corrected chi connectivity index (χ2v) is 0. The van der Waals surface area contributed by atoms with Crippen LogP contribution in [0.5, 0.6) is 0 Å². The van der Waals surface area contributed by atoms with Crippen LogP contribution < -0.4 is 49.6 Å². The van der Waals surface area contributed by atoms with Crippen molar-refractivity contribution in [2.45, 2.75) is 0 Å². The van der Waals surface area contributed by atoms with Crippen molar-refractivity contribution in [2.24, 2.45) is 0 Å². The van der Waals surface area contributed by atoms with Crippen molar-refractivity contribution in [2.75, 3.05) is 0 Å². The van der Waals surface area contributed by atoms with Crippen LogP contribution in [-0.4, -0.2) is 20.4 Å². The smallest absolute Gasteiger partial charge is 1.00 e. The van der Waals surface area contributed by atoms with Crippen LogP contribution in [0.4, 0.5) is 0 Å². The molecule has 0 aromatic rings. The zero-order chi connectivity index (χ0) is 6.00. The molecule has 0 aliphatic rings.